The fraction of sp³-hybridized carbons (Fsp3) is 0.350. The molecule has 0 saturated heterocycles. The fourth-order valence-corrected chi connectivity index (χ4v) is 3.36. The van der Waals surface area contributed by atoms with Crippen molar-refractivity contribution in [3.8, 4) is 0 Å². The first kappa shape index (κ1) is 23.4. The van der Waals surface area contributed by atoms with Gasteiger partial charge in [-0.3, -0.25) is 0 Å². The maximum atomic E-state index is 11.4. The first-order valence-electron chi connectivity index (χ1n) is 8.72. The lowest BCUT2D eigenvalue weighted by Gasteiger charge is -2.18. The summed E-state index contributed by atoms with van der Waals surface area (Å²) < 4.78 is 22.7. The molecule has 148 valence electrons. The van der Waals surface area contributed by atoms with E-state index in [0.717, 1.165) is 23.6 Å². The molecule has 2 aromatic carbocycles. The van der Waals surface area contributed by atoms with Crippen LogP contribution in [0.5, 0.6) is 0 Å². The normalized spacial score (nSPS) is 12.8. The SMILES string of the molecule is CCNC(=NCc1ccc(CS(C)(=O)=O)cc1)NC(C)c1ccccc1.I. The van der Waals surface area contributed by atoms with E-state index in [9.17, 15) is 8.42 Å². The van der Waals surface area contributed by atoms with Gasteiger partial charge in [0.1, 0.15) is 0 Å². The van der Waals surface area contributed by atoms with Gasteiger partial charge in [-0.2, -0.15) is 0 Å². The summed E-state index contributed by atoms with van der Waals surface area (Å²) in [6, 6.07) is 17.9. The third-order valence-corrected chi connectivity index (χ3v) is 4.73. The second kappa shape index (κ2) is 11.3. The molecule has 1 atom stereocenters. The van der Waals surface area contributed by atoms with Crippen molar-refractivity contribution in [1.82, 2.24) is 10.6 Å². The molecule has 2 aromatic rings. The molecule has 7 heteroatoms. The minimum Gasteiger partial charge on any atom is -0.357 e. The Balaban J connectivity index is 0.00000364. The summed E-state index contributed by atoms with van der Waals surface area (Å²) >= 11 is 0. The predicted octanol–water partition coefficient (Wildman–Crippen LogP) is 3.67. The smallest absolute Gasteiger partial charge is 0.192 e. The van der Waals surface area contributed by atoms with Gasteiger partial charge in [-0.05, 0) is 30.5 Å². The van der Waals surface area contributed by atoms with Crippen LogP contribution in [0.3, 0.4) is 0 Å². The number of hydrogen-bond donors (Lipinski definition) is 2. The zero-order chi connectivity index (χ0) is 19.0. The molecular weight excluding hydrogens is 473 g/mol. The highest BCUT2D eigenvalue weighted by molar-refractivity contribution is 14.0. The van der Waals surface area contributed by atoms with Crippen LogP contribution in [0.15, 0.2) is 59.6 Å². The average Bonchev–Trinajstić information content (AvgIpc) is 2.60. The van der Waals surface area contributed by atoms with Crippen LogP contribution in [-0.4, -0.2) is 27.2 Å². The molecule has 0 aromatic heterocycles. The first-order chi connectivity index (χ1) is 12.4. The second-order valence-electron chi connectivity index (χ2n) is 6.36. The van der Waals surface area contributed by atoms with Gasteiger partial charge in [0, 0.05) is 12.8 Å². The third kappa shape index (κ3) is 8.75. The Morgan fingerprint density at radius 2 is 1.63 bits per heavy atom. The molecule has 0 aliphatic carbocycles. The fourth-order valence-electron chi connectivity index (χ4n) is 2.56. The highest BCUT2D eigenvalue weighted by atomic mass is 127. The lowest BCUT2D eigenvalue weighted by atomic mass is 10.1. The summed E-state index contributed by atoms with van der Waals surface area (Å²) in [5.74, 6) is 0.819. The van der Waals surface area contributed by atoms with Gasteiger partial charge in [-0.15, -0.1) is 24.0 Å². The molecule has 5 nitrogen and oxygen atoms in total. The molecule has 1 unspecified atom stereocenters. The standard InChI is InChI=1S/C20H27N3O2S.HI/c1-4-21-20(23-16(2)19-8-6-5-7-9-19)22-14-17-10-12-18(13-11-17)15-26(3,24)25;/h5-13,16H,4,14-15H2,1-3H3,(H2,21,22,23);1H. The largest absolute Gasteiger partial charge is 0.357 e. The van der Waals surface area contributed by atoms with E-state index in [-0.39, 0.29) is 35.8 Å². The van der Waals surface area contributed by atoms with Crippen LogP contribution >= 0.6 is 24.0 Å². The molecule has 0 aliphatic heterocycles. The topological polar surface area (TPSA) is 70.6 Å². The van der Waals surface area contributed by atoms with Crippen molar-refractivity contribution in [3.63, 3.8) is 0 Å². The van der Waals surface area contributed by atoms with Crippen molar-refractivity contribution < 1.29 is 8.42 Å². The molecule has 0 radical (unpaired) electrons. The first-order valence-corrected chi connectivity index (χ1v) is 10.8. The Bertz CT molecular complexity index is 822. The van der Waals surface area contributed by atoms with Crippen molar-refractivity contribution in [2.75, 3.05) is 12.8 Å². The van der Waals surface area contributed by atoms with E-state index < -0.39 is 9.84 Å². The second-order valence-corrected chi connectivity index (χ2v) is 8.50. The molecule has 2 N–H and O–H groups in total. The maximum absolute atomic E-state index is 11.4. The maximum Gasteiger partial charge on any atom is 0.192 e. The highest BCUT2D eigenvalue weighted by Crippen LogP contribution is 2.12. The predicted molar refractivity (Wildman–Crippen MR) is 123 cm³/mol. The Labute approximate surface area is 179 Å². The quantitative estimate of drug-likeness (QED) is 0.345. The summed E-state index contributed by atoms with van der Waals surface area (Å²) in [4.78, 5) is 4.63. The van der Waals surface area contributed by atoms with Crippen molar-refractivity contribution in [1.29, 1.82) is 0 Å². The van der Waals surface area contributed by atoms with Crippen LogP contribution in [0.1, 0.15) is 36.6 Å². The zero-order valence-corrected chi connectivity index (χ0v) is 19.1. The number of hydrogen-bond acceptors (Lipinski definition) is 3. The Hall–Kier alpha value is -1.61. The van der Waals surface area contributed by atoms with E-state index in [1.165, 1.54) is 11.8 Å². The molecule has 0 spiro atoms. The lowest BCUT2D eigenvalue weighted by molar-refractivity contribution is 0.601. The number of halogens is 1. The summed E-state index contributed by atoms with van der Waals surface area (Å²) in [5.41, 5.74) is 3.03. The Morgan fingerprint density at radius 1 is 1.04 bits per heavy atom. The molecule has 0 bridgehead atoms. The Kier molecular flexibility index (Phi) is 9.79. The molecule has 0 amide bonds. The summed E-state index contributed by atoms with van der Waals surface area (Å²) in [6.07, 6.45) is 1.24. The molecular formula is C20H28IN3O2S. The number of benzene rings is 2. The number of nitrogens with zero attached hydrogens (tertiary/aromatic N) is 1. The van der Waals surface area contributed by atoms with Gasteiger partial charge in [0.25, 0.3) is 0 Å². The van der Waals surface area contributed by atoms with Crippen LogP contribution in [0.25, 0.3) is 0 Å². The lowest BCUT2D eigenvalue weighted by Crippen LogP contribution is -2.38. The van der Waals surface area contributed by atoms with Crippen molar-refractivity contribution in [2.45, 2.75) is 32.2 Å². The van der Waals surface area contributed by atoms with Gasteiger partial charge in [0.2, 0.25) is 0 Å². The Morgan fingerprint density at radius 3 is 2.19 bits per heavy atom. The van der Waals surface area contributed by atoms with Crippen LogP contribution < -0.4 is 10.6 Å². The van der Waals surface area contributed by atoms with E-state index in [2.05, 4.69) is 34.7 Å². The highest BCUT2D eigenvalue weighted by Gasteiger charge is 2.07. The number of sulfone groups is 1. The molecule has 0 aliphatic rings. The van der Waals surface area contributed by atoms with Gasteiger partial charge >= 0.3 is 0 Å². The van der Waals surface area contributed by atoms with Crippen molar-refractivity contribution in [3.05, 3.63) is 71.3 Å². The van der Waals surface area contributed by atoms with E-state index in [4.69, 9.17) is 0 Å². The number of rotatable bonds is 7. The summed E-state index contributed by atoms with van der Waals surface area (Å²) in [7, 11) is -3.01. The number of nitrogens with one attached hydrogen (secondary N) is 2. The van der Waals surface area contributed by atoms with Crippen LogP contribution in [-0.2, 0) is 22.1 Å². The van der Waals surface area contributed by atoms with Crippen LogP contribution in [0.4, 0.5) is 0 Å². The average molecular weight is 501 g/mol. The molecule has 27 heavy (non-hydrogen) atoms. The molecule has 0 saturated carbocycles. The van der Waals surface area contributed by atoms with Gasteiger partial charge in [-0.1, -0.05) is 54.6 Å². The van der Waals surface area contributed by atoms with Gasteiger partial charge in [0.05, 0.1) is 18.3 Å². The van der Waals surface area contributed by atoms with Gasteiger partial charge in [-0.25, -0.2) is 13.4 Å². The minimum atomic E-state index is -3.01. The van der Waals surface area contributed by atoms with E-state index in [1.807, 2.05) is 49.4 Å². The number of guanidine groups is 1. The summed E-state index contributed by atoms with van der Waals surface area (Å²) in [6.45, 7) is 5.43. The van der Waals surface area contributed by atoms with E-state index >= 15 is 0 Å². The van der Waals surface area contributed by atoms with E-state index in [1.54, 1.807) is 0 Å². The van der Waals surface area contributed by atoms with Crippen molar-refractivity contribution in [2.24, 2.45) is 4.99 Å². The molecule has 0 fully saturated rings. The molecule has 0 heterocycles. The van der Waals surface area contributed by atoms with Gasteiger partial charge in [0.15, 0.2) is 15.8 Å². The third-order valence-electron chi connectivity index (χ3n) is 3.87. The number of aliphatic imine (C=N–C) groups is 1. The van der Waals surface area contributed by atoms with Gasteiger partial charge < -0.3 is 10.6 Å². The zero-order valence-electron chi connectivity index (χ0n) is 16.0. The molecule has 2 rings (SSSR count). The van der Waals surface area contributed by atoms with Crippen molar-refractivity contribution >= 4 is 39.8 Å². The monoisotopic (exact) mass is 501 g/mol. The van der Waals surface area contributed by atoms with Crippen LogP contribution in [0, 0.1) is 0 Å². The van der Waals surface area contributed by atoms with Crippen LogP contribution in [0.2, 0.25) is 0 Å². The summed E-state index contributed by atoms with van der Waals surface area (Å²) in [5, 5.41) is 6.66. The minimum absolute atomic E-state index is 0. The van der Waals surface area contributed by atoms with E-state index in [0.29, 0.717) is 6.54 Å².